The zero-order chi connectivity index (χ0) is 13.0. The topological polar surface area (TPSA) is 15.3 Å². The normalized spacial score (nSPS) is 30.5. The summed E-state index contributed by atoms with van der Waals surface area (Å²) in [5.41, 5.74) is 0. The molecular formula is C16H32N2. The Hall–Kier alpha value is -0.0800. The van der Waals surface area contributed by atoms with Gasteiger partial charge in [0.25, 0.3) is 0 Å². The van der Waals surface area contributed by atoms with Crippen LogP contribution in [0.25, 0.3) is 0 Å². The largest absolute Gasteiger partial charge is 0.317 e. The Bertz CT molecular complexity index is 233. The van der Waals surface area contributed by atoms with Gasteiger partial charge in [-0.25, -0.2) is 0 Å². The highest BCUT2D eigenvalue weighted by Crippen LogP contribution is 2.33. The summed E-state index contributed by atoms with van der Waals surface area (Å²) in [7, 11) is 0. The van der Waals surface area contributed by atoms with Crippen molar-refractivity contribution in [3.8, 4) is 0 Å². The zero-order valence-electron chi connectivity index (χ0n) is 12.6. The molecule has 2 heteroatoms. The molecule has 2 nitrogen and oxygen atoms in total. The maximum absolute atomic E-state index is 3.48. The van der Waals surface area contributed by atoms with Crippen molar-refractivity contribution in [2.45, 2.75) is 71.4 Å². The summed E-state index contributed by atoms with van der Waals surface area (Å²) in [6, 6.07) is 1.60. The van der Waals surface area contributed by atoms with E-state index in [1.165, 1.54) is 58.2 Å². The van der Waals surface area contributed by atoms with Crippen LogP contribution in [0.3, 0.4) is 0 Å². The Morgan fingerprint density at radius 1 is 1.06 bits per heavy atom. The Balaban J connectivity index is 1.87. The van der Waals surface area contributed by atoms with Crippen LogP contribution < -0.4 is 5.32 Å². The van der Waals surface area contributed by atoms with Crippen LogP contribution in [0.5, 0.6) is 0 Å². The quantitative estimate of drug-likeness (QED) is 0.808. The van der Waals surface area contributed by atoms with Crippen molar-refractivity contribution in [1.82, 2.24) is 10.2 Å². The SMILES string of the molecule is CCC1CCC(N(CC2CCNCC2)C(C)C)C1. The predicted octanol–water partition coefficient (Wildman–Crippen LogP) is 3.28. The van der Waals surface area contributed by atoms with Crippen molar-refractivity contribution >= 4 is 0 Å². The van der Waals surface area contributed by atoms with Gasteiger partial charge in [-0.1, -0.05) is 13.3 Å². The molecule has 0 spiro atoms. The third-order valence-corrected chi connectivity index (χ3v) is 5.15. The maximum Gasteiger partial charge on any atom is 0.0101 e. The molecule has 1 heterocycles. The number of rotatable bonds is 5. The smallest absolute Gasteiger partial charge is 0.0101 e. The van der Waals surface area contributed by atoms with Gasteiger partial charge >= 0.3 is 0 Å². The molecule has 2 fully saturated rings. The minimum Gasteiger partial charge on any atom is -0.317 e. The maximum atomic E-state index is 3.48. The van der Waals surface area contributed by atoms with Gasteiger partial charge in [-0.05, 0) is 70.9 Å². The molecule has 18 heavy (non-hydrogen) atoms. The first-order chi connectivity index (χ1) is 8.70. The molecule has 0 aromatic heterocycles. The van der Waals surface area contributed by atoms with Gasteiger partial charge in [-0.3, -0.25) is 4.90 Å². The van der Waals surface area contributed by atoms with E-state index in [4.69, 9.17) is 0 Å². The van der Waals surface area contributed by atoms with Crippen LogP contribution in [-0.2, 0) is 0 Å². The Morgan fingerprint density at radius 2 is 1.78 bits per heavy atom. The second-order valence-electron chi connectivity index (χ2n) is 6.73. The molecule has 1 N–H and O–H groups in total. The van der Waals surface area contributed by atoms with Crippen molar-refractivity contribution in [3.63, 3.8) is 0 Å². The van der Waals surface area contributed by atoms with E-state index in [9.17, 15) is 0 Å². The summed E-state index contributed by atoms with van der Waals surface area (Å²) in [6.45, 7) is 11.0. The molecule has 2 atom stereocenters. The Kier molecular flexibility index (Phi) is 5.50. The van der Waals surface area contributed by atoms with Gasteiger partial charge in [0.1, 0.15) is 0 Å². The molecule has 106 valence electrons. The number of piperidine rings is 1. The highest BCUT2D eigenvalue weighted by Gasteiger charge is 2.31. The fraction of sp³-hybridized carbons (Fsp3) is 1.00. The highest BCUT2D eigenvalue weighted by molar-refractivity contribution is 4.86. The van der Waals surface area contributed by atoms with Crippen LogP contribution in [0.4, 0.5) is 0 Å². The summed E-state index contributed by atoms with van der Waals surface area (Å²) in [5.74, 6) is 1.94. The lowest BCUT2D eigenvalue weighted by atomic mass is 9.95. The van der Waals surface area contributed by atoms with E-state index < -0.39 is 0 Å². The van der Waals surface area contributed by atoms with Crippen molar-refractivity contribution < 1.29 is 0 Å². The first-order valence-electron chi connectivity index (χ1n) is 8.17. The minimum atomic E-state index is 0.723. The van der Waals surface area contributed by atoms with Crippen LogP contribution in [0.2, 0.25) is 0 Å². The molecule has 0 aromatic carbocycles. The van der Waals surface area contributed by atoms with E-state index in [1.54, 1.807) is 0 Å². The molecule has 2 aliphatic rings. The van der Waals surface area contributed by atoms with Crippen LogP contribution in [-0.4, -0.2) is 36.6 Å². The van der Waals surface area contributed by atoms with E-state index in [1.807, 2.05) is 0 Å². The summed E-state index contributed by atoms with van der Waals surface area (Å²) in [6.07, 6.45) is 8.52. The number of nitrogens with one attached hydrogen (secondary N) is 1. The molecule has 1 saturated carbocycles. The lowest BCUT2D eigenvalue weighted by Crippen LogP contribution is -2.44. The lowest BCUT2D eigenvalue weighted by Gasteiger charge is -2.37. The van der Waals surface area contributed by atoms with E-state index in [0.29, 0.717) is 0 Å². The predicted molar refractivity (Wildman–Crippen MR) is 78.9 cm³/mol. The zero-order valence-corrected chi connectivity index (χ0v) is 12.6. The second-order valence-corrected chi connectivity index (χ2v) is 6.73. The third-order valence-electron chi connectivity index (χ3n) is 5.15. The minimum absolute atomic E-state index is 0.723. The number of nitrogens with zero attached hydrogens (tertiary/aromatic N) is 1. The molecule has 0 aromatic rings. The van der Waals surface area contributed by atoms with Gasteiger partial charge < -0.3 is 5.32 Å². The second kappa shape index (κ2) is 6.91. The van der Waals surface area contributed by atoms with Crippen molar-refractivity contribution in [1.29, 1.82) is 0 Å². The molecule has 1 aliphatic carbocycles. The lowest BCUT2D eigenvalue weighted by molar-refractivity contribution is 0.116. The fourth-order valence-electron chi connectivity index (χ4n) is 3.86. The first-order valence-corrected chi connectivity index (χ1v) is 8.17. The molecule has 1 aliphatic heterocycles. The van der Waals surface area contributed by atoms with Crippen LogP contribution in [0.1, 0.15) is 59.3 Å². The van der Waals surface area contributed by atoms with E-state index >= 15 is 0 Å². The van der Waals surface area contributed by atoms with E-state index in [0.717, 1.165) is 23.9 Å². The van der Waals surface area contributed by atoms with Gasteiger partial charge in [-0.2, -0.15) is 0 Å². The fourth-order valence-corrected chi connectivity index (χ4v) is 3.86. The molecule has 0 bridgehead atoms. The van der Waals surface area contributed by atoms with Crippen LogP contribution in [0.15, 0.2) is 0 Å². The number of hydrogen-bond acceptors (Lipinski definition) is 2. The summed E-state index contributed by atoms with van der Waals surface area (Å²) in [5, 5.41) is 3.48. The summed E-state index contributed by atoms with van der Waals surface area (Å²) < 4.78 is 0. The summed E-state index contributed by atoms with van der Waals surface area (Å²) >= 11 is 0. The first kappa shape index (κ1) is 14.3. The van der Waals surface area contributed by atoms with Gasteiger partial charge in [0, 0.05) is 18.6 Å². The van der Waals surface area contributed by atoms with E-state index in [-0.39, 0.29) is 0 Å². The van der Waals surface area contributed by atoms with Crippen molar-refractivity contribution in [2.24, 2.45) is 11.8 Å². The van der Waals surface area contributed by atoms with Crippen molar-refractivity contribution in [2.75, 3.05) is 19.6 Å². The molecule has 1 saturated heterocycles. The van der Waals surface area contributed by atoms with Gasteiger partial charge in [0.05, 0.1) is 0 Å². The molecule has 0 radical (unpaired) electrons. The number of hydrogen-bond donors (Lipinski definition) is 1. The average molecular weight is 252 g/mol. The van der Waals surface area contributed by atoms with Crippen LogP contribution in [0, 0.1) is 11.8 Å². The average Bonchev–Trinajstić information content (AvgIpc) is 2.85. The third kappa shape index (κ3) is 3.71. The van der Waals surface area contributed by atoms with Gasteiger partial charge in [0.15, 0.2) is 0 Å². The molecule has 2 rings (SSSR count). The highest BCUT2D eigenvalue weighted by atomic mass is 15.2. The summed E-state index contributed by atoms with van der Waals surface area (Å²) in [4.78, 5) is 2.83. The molecular weight excluding hydrogens is 220 g/mol. The monoisotopic (exact) mass is 252 g/mol. The van der Waals surface area contributed by atoms with Crippen molar-refractivity contribution in [3.05, 3.63) is 0 Å². The Morgan fingerprint density at radius 3 is 2.33 bits per heavy atom. The Labute approximate surface area is 114 Å². The van der Waals surface area contributed by atoms with E-state index in [2.05, 4.69) is 31.0 Å². The molecule has 0 amide bonds. The molecule has 2 unspecified atom stereocenters. The van der Waals surface area contributed by atoms with Gasteiger partial charge in [0.2, 0.25) is 0 Å². The van der Waals surface area contributed by atoms with Crippen LogP contribution >= 0.6 is 0 Å². The standard InChI is InChI=1S/C16H32N2/c1-4-14-5-6-16(11-14)18(13(2)3)12-15-7-9-17-10-8-15/h13-17H,4-12H2,1-3H3. The van der Waals surface area contributed by atoms with Gasteiger partial charge in [-0.15, -0.1) is 0 Å².